The van der Waals surface area contributed by atoms with Gasteiger partial charge in [0.1, 0.15) is 5.75 Å². The van der Waals surface area contributed by atoms with Crippen molar-refractivity contribution in [1.82, 2.24) is 9.62 Å². The normalized spacial score (nSPS) is 21.8. The average molecular weight is 381 g/mol. The maximum absolute atomic E-state index is 12.6. The van der Waals surface area contributed by atoms with E-state index in [1.165, 1.54) is 0 Å². The van der Waals surface area contributed by atoms with Crippen molar-refractivity contribution < 1.29 is 18.3 Å². The van der Waals surface area contributed by atoms with Crippen LogP contribution in [-0.4, -0.2) is 48.7 Å². The highest BCUT2D eigenvalue weighted by Gasteiger charge is 2.34. The molecular weight excluding hydrogens is 352 g/mol. The fraction of sp³-hybridized carbons (Fsp3) is 0.632. The van der Waals surface area contributed by atoms with Crippen LogP contribution in [0.25, 0.3) is 0 Å². The molecule has 144 valence electrons. The summed E-state index contributed by atoms with van der Waals surface area (Å²) in [6.45, 7) is 0.917. The number of carbonyl (C=O) groups excluding carboxylic acids is 1. The lowest BCUT2D eigenvalue weighted by molar-refractivity contribution is -0.131. The summed E-state index contributed by atoms with van der Waals surface area (Å²) in [5, 5.41) is 8.80. The molecule has 2 fully saturated rings. The Hall–Kier alpha value is -1.60. The standard InChI is InChI=1S/C19H28N2O4S/c22-17-10-7-15(8-11-17)9-12-19(23)21-13-3-6-18(14-21)26(24,25)20-16-4-1-2-5-16/h7-8,10-11,16,18,20,22H,1-6,9,12-14H2. The molecule has 1 atom stereocenters. The van der Waals surface area contributed by atoms with Crippen LogP contribution in [0.3, 0.4) is 0 Å². The molecule has 1 saturated carbocycles. The zero-order valence-electron chi connectivity index (χ0n) is 15.1. The number of nitrogens with one attached hydrogen (secondary N) is 1. The Labute approximate surface area is 155 Å². The largest absolute Gasteiger partial charge is 0.508 e. The van der Waals surface area contributed by atoms with E-state index in [4.69, 9.17) is 0 Å². The summed E-state index contributed by atoms with van der Waals surface area (Å²) in [4.78, 5) is 14.2. The summed E-state index contributed by atoms with van der Waals surface area (Å²) in [5.74, 6) is 0.206. The SMILES string of the molecule is O=C(CCc1ccc(O)cc1)N1CCCC(S(=O)(=O)NC2CCCC2)C1. The Morgan fingerprint density at radius 3 is 2.50 bits per heavy atom. The predicted molar refractivity (Wildman–Crippen MR) is 100 cm³/mol. The van der Waals surface area contributed by atoms with Gasteiger partial charge < -0.3 is 10.0 Å². The number of phenols is 1. The van der Waals surface area contributed by atoms with Gasteiger partial charge in [0.25, 0.3) is 0 Å². The van der Waals surface area contributed by atoms with Crippen molar-refractivity contribution in [3.8, 4) is 5.75 Å². The molecule has 1 saturated heterocycles. The van der Waals surface area contributed by atoms with E-state index in [1.54, 1.807) is 29.2 Å². The third-order valence-electron chi connectivity index (χ3n) is 5.42. The average Bonchev–Trinajstić information content (AvgIpc) is 3.13. The highest BCUT2D eigenvalue weighted by molar-refractivity contribution is 7.90. The number of aromatic hydroxyl groups is 1. The molecule has 6 nitrogen and oxygen atoms in total. The first-order valence-corrected chi connectivity index (χ1v) is 11.1. The molecule has 3 rings (SSSR count). The van der Waals surface area contributed by atoms with Gasteiger partial charge in [0.2, 0.25) is 15.9 Å². The molecule has 0 bridgehead atoms. The smallest absolute Gasteiger partial charge is 0.222 e. The van der Waals surface area contributed by atoms with Crippen LogP contribution in [-0.2, 0) is 21.2 Å². The zero-order chi connectivity index (χ0) is 18.6. The van der Waals surface area contributed by atoms with E-state index < -0.39 is 15.3 Å². The van der Waals surface area contributed by atoms with Gasteiger partial charge in [-0.25, -0.2) is 13.1 Å². The minimum atomic E-state index is -3.38. The molecule has 0 spiro atoms. The van der Waals surface area contributed by atoms with Crippen molar-refractivity contribution in [2.75, 3.05) is 13.1 Å². The lowest BCUT2D eigenvalue weighted by Crippen LogP contribution is -2.50. The first-order valence-electron chi connectivity index (χ1n) is 9.51. The molecule has 1 unspecified atom stereocenters. The third-order valence-corrected chi connectivity index (χ3v) is 7.34. The summed E-state index contributed by atoms with van der Waals surface area (Å²) in [5.41, 5.74) is 0.986. The van der Waals surface area contributed by atoms with Crippen molar-refractivity contribution in [3.63, 3.8) is 0 Å². The van der Waals surface area contributed by atoms with Crippen molar-refractivity contribution in [3.05, 3.63) is 29.8 Å². The third kappa shape index (κ3) is 4.98. The quantitative estimate of drug-likeness (QED) is 0.792. The lowest BCUT2D eigenvalue weighted by atomic mass is 10.1. The van der Waals surface area contributed by atoms with Gasteiger partial charge in [0.05, 0.1) is 5.25 Å². The molecule has 1 amide bonds. The number of aryl methyl sites for hydroxylation is 1. The zero-order valence-corrected chi connectivity index (χ0v) is 15.9. The van der Waals surface area contributed by atoms with Crippen LogP contribution in [0.5, 0.6) is 5.75 Å². The lowest BCUT2D eigenvalue weighted by Gasteiger charge is -2.33. The Kier molecular flexibility index (Phi) is 6.19. The molecule has 1 aromatic carbocycles. The summed E-state index contributed by atoms with van der Waals surface area (Å²) >= 11 is 0. The Morgan fingerprint density at radius 2 is 1.81 bits per heavy atom. The number of sulfonamides is 1. The minimum absolute atomic E-state index is 0.00107. The van der Waals surface area contributed by atoms with Crippen LogP contribution < -0.4 is 4.72 Å². The molecule has 2 N–H and O–H groups in total. The first-order chi connectivity index (χ1) is 12.4. The van der Waals surface area contributed by atoms with Crippen LogP contribution in [0, 0.1) is 0 Å². The molecule has 0 radical (unpaired) electrons. The van der Waals surface area contributed by atoms with Crippen LogP contribution in [0.1, 0.15) is 50.5 Å². The molecule has 26 heavy (non-hydrogen) atoms. The van der Waals surface area contributed by atoms with E-state index in [1.807, 2.05) is 0 Å². The number of amides is 1. The fourth-order valence-electron chi connectivity index (χ4n) is 3.86. The van der Waals surface area contributed by atoms with E-state index >= 15 is 0 Å². The maximum Gasteiger partial charge on any atom is 0.222 e. The Morgan fingerprint density at radius 1 is 1.12 bits per heavy atom. The topological polar surface area (TPSA) is 86.7 Å². The number of piperidine rings is 1. The van der Waals surface area contributed by atoms with Gasteiger partial charge in [-0.3, -0.25) is 4.79 Å². The van der Waals surface area contributed by atoms with E-state index in [0.29, 0.717) is 25.8 Å². The molecule has 1 heterocycles. The van der Waals surface area contributed by atoms with E-state index in [-0.39, 0.29) is 24.2 Å². The summed E-state index contributed by atoms with van der Waals surface area (Å²) in [6.07, 6.45) is 6.29. The highest BCUT2D eigenvalue weighted by Crippen LogP contribution is 2.22. The Balaban J connectivity index is 1.53. The van der Waals surface area contributed by atoms with Gasteiger partial charge in [-0.05, 0) is 49.8 Å². The van der Waals surface area contributed by atoms with Gasteiger partial charge in [-0.2, -0.15) is 0 Å². The number of benzene rings is 1. The summed E-state index contributed by atoms with van der Waals surface area (Å²) in [6, 6.07) is 6.89. The van der Waals surface area contributed by atoms with Gasteiger partial charge in [0, 0.05) is 25.6 Å². The maximum atomic E-state index is 12.6. The van der Waals surface area contributed by atoms with Gasteiger partial charge >= 0.3 is 0 Å². The van der Waals surface area contributed by atoms with Gasteiger partial charge in [0.15, 0.2) is 0 Å². The second-order valence-electron chi connectivity index (χ2n) is 7.41. The minimum Gasteiger partial charge on any atom is -0.508 e. The van der Waals surface area contributed by atoms with E-state index in [0.717, 1.165) is 37.7 Å². The number of hydrogen-bond donors (Lipinski definition) is 2. The first kappa shape index (κ1) is 19.2. The summed E-state index contributed by atoms with van der Waals surface area (Å²) < 4.78 is 28.2. The van der Waals surface area contributed by atoms with E-state index in [9.17, 15) is 18.3 Å². The van der Waals surface area contributed by atoms with E-state index in [2.05, 4.69) is 4.72 Å². The van der Waals surface area contributed by atoms with Crippen molar-refractivity contribution in [1.29, 1.82) is 0 Å². The molecule has 1 aromatic rings. The number of nitrogens with zero attached hydrogens (tertiary/aromatic N) is 1. The number of rotatable bonds is 6. The number of hydrogen-bond acceptors (Lipinski definition) is 4. The van der Waals surface area contributed by atoms with Crippen LogP contribution in [0.4, 0.5) is 0 Å². The Bertz CT molecular complexity index is 712. The van der Waals surface area contributed by atoms with Gasteiger partial charge in [-0.1, -0.05) is 25.0 Å². The van der Waals surface area contributed by atoms with Crippen molar-refractivity contribution in [2.24, 2.45) is 0 Å². The second kappa shape index (κ2) is 8.39. The summed E-state index contributed by atoms with van der Waals surface area (Å²) in [7, 11) is -3.38. The number of likely N-dealkylation sites (tertiary alicyclic amines) is 1. The molecule has 1 aliphatic carbocycles. The van der Waals surface area contributed by atoms with Crippen LogP contribution in [0.15, 0.2) is 24.3 Å². The fourth-order valence-corrected chi connectivity index (χ4v) is 5.61. The predicted octanol–water partition coefficient (Wildman–Crippen LogP) is 2.18. The van der Waals surface area contributed by atoms with Crippen molar-refractivity contribution in [2.45, 2.75) is 62.7 Å². The molecular formula is C19H28N2O4S. The molecule has 0 aromatic heterocycles. The second-order valence-corrected chi connectivity index (χ2v) is 9.41. The van der Waals surface area contributed by atoms with Crippen LogP contribution >= 0.6 is 0 Å². The monoisotopic (exact) mass is 380 g/mol. The highest BCUT2D eigenvalue weighted by atomic mass is 32.2. The molecule has 2 aliphatic rings. The molecule has 1 aliphatic heterocycles. The number of phenolic OH excluding ortho intramolecular Hbond substituents is 1. The molecule has 7 heteroatoms. The van der Waals surface area contributed by atoms with Gasteiger partial charge in [-0.15, -0.1) is 0 Å². The van der Waals surface area contributed by atoms with Crippen LogP contribution in [0.2, 0.25) is 0 Å². The van der Waals surface area contributed by atoms with Crippen molar-refractivity contribution >= 4 is 15.9 Å². The number of carbonyl (C=O) groups is 1.